The minimum Gasteiger partial charge on any atom is -0.376 e. The summed E-state index contributed by atoms with van der Waals surface area (Å²) in [7, 11) is 0. The Labute approximate surface area is 139 Å². The smallest absolute Gasteiger partial charge is 0.175 e. The third-order valence-corrected chi connectivity index (χ3v) is 4.19. The van der Waals surface area contributed by atoms with Crippen molar-refractivity contribution in [2.24, 2.45) is 5.73 Å². The van der Waals surface area contributed by atoms with Crippen LogP contribution in [0.5, 0.6) is 0 Å². The summed E-state index contributed by atoms with van der Waals surface area (Å²) in [6.45, 7) is 10.6. The third-order valence-electron chi connectivity index (χ3n) is 4.01. The Morgan fingerprint density at radius 1 is 1.00 bits per heavy atom. The second-order valence-electron chi connectivity index (χ2n) is 5.86. The lowest BCUT2D eigenvalue weighted by atomic mass is 10.00. The van der Waals surface area contributed by atoms with Gasteiger partial charge in [0, 0.05) is 0 Å². The Bertz CT molecular complexity index is 696. The van der Waals surface area contributed by atoms with Crippen LogP contribution in [0, 0.1) is 27.7 Å². The summed E-state index contributed by atoms with van der Waals surface area (Å²) in [6.07, 6.45) is 0.945. The second kappa shape index (κ2) is 6.49. The molecule has 0 heterocycles. The number of rotatable bonds is 3. The van der Waals surface area contributed by atoms with Gasteiger partial charge in [0.05, 0.1) is 11.4 Å². The Morgan fingerprint density at radius 2 is 1.59 bits per heavy atom. The van der Waals surface area contributed by atoms with E-state index in [4.69, 9.17) is 18.0 Å². The third kappa shape index (κ3) is 3.00. The molecule has 0 atom stereocenters. The van der Waals surface area contributed by atoms with Crippen molar-refractivity contribution in [2.45, 2.75) is 41.0 Å². The maximum Gasteiger partial charge on any atom is 0.175 e. The summed E-state index contributed by atoms with van der Waals surface area (Å²) >= 11 is 5.40. The van der Waals surface area contributed by atoms with Crippen LogP contribution in [-0.2, 0) is 6.42 Å². The molecule has 0 saturated heterocycles. The Morgan fingerprint density at radius 3 is 2.09 bits per heavy atom. The number of hydrogen-bond donors (Lipinski definition) is 1. The molecular weight excluding hydrogens is 288 g/mol. The van der Waals surface area contributed by atoms with E-state index in [9.17, 15) is 0 Å². The first kappa shape index (κ1) is 16.5. The zero-order valence-corrected chi connectivity index (χ0v) is 14.8. The standard InChI is InChI=1S/C19H24N2S/c1-6-16-9-7-8-13(3)18(16)21(19(20)22)17-14(4)10-12(2)11-15(17)5/h7-11H,6H2,1-5H3,(H2,20,22). The number of aryl methyl sites for hydroxylation is 5. The normalized spacial score (nSPS) is 10.6. The van der Waals surface area contributed by atoms with Gasteiger partial charge in [0.2, 0.25) is 0 Å². The topological polar surface area (TPSA) is 29.3 Å². The molecule has 2 aromatic rings. The van der Waals surface area contributed by atoms with Crippen molar-refractivity contribution in [3.05, 3.63) is 58.1 Å². The number of thiocarbonyl (C=S) groups is 1. The molecule has 0 aromatic heterocycles. The van der Waals surface area contributed by atoms with Gasteiger partial charge in [-0.3, -0.25) is 4.90 Å². The lowest BCUT2D eigenvalue weighted by molar-refractivity contribution is 1.10. The van der Waals surface area contributed by atoms with E-state index >= 15 is 0 Å². The van der Waals surface area contributed by atoms with Gasteiger partial charge in [-0.05, 0) is 68.6 Å². The predicted molar refractivity (Wildman–Crippen MR) is 100 cm³/mol. The predicted octanol–water partition coefficient (Wildman–Crippen LogP) is 4.86. The SMILES string of the molecule is CCc1cccc(C)c1N(C(N)=S)c1c(C)cc(C)cc1C. The van der Waals surface area contributed by atoms with Gasteiger partial charge in [0.15, 0.2) is 5.11 Å². The monoisotopic (exact) mass is 312 g/mol. The highest BCUT2D eigenvalue weighted by atomic mass is 32.1. The number of para-hydroxylation sites is 1. The highest BCUT2D eigenvalue weighted by molar-refractivity contribution is 7.80. The molecule has 0 saturated carbocycles. The van der Waals surface area contributed by atoms with Gasteiger partial charge in [-0.1, -0.05) is 42.8 Å². The molecule has 0 radical (unpaired) electrons. The Kier molecular flexibility index (Phi) is 4.87. The number of hydrogen-bond acceptors (Lipinski definition) is 1. The first-order valence-electron chi connectivity index (χ1n) is 7.62. The van der Waals surface area contributed by atoms with E-state index in [-0.39, 0.29) is 0 Å². The lowest BCUT2D eigenvalue weighted by Gasteiger charge is -2.30. The summed E-state index contributed by atoms with van der Waals surface area (Å²) in [5, 5.41) is 0.388. The number of anilines is 2. The van der Waals surface area contributed by atoms with Crippen LogP contribution in [0.15, 0.2) is 30.3 Å². The zero-order valence-electron chi connectivity index (χ0n) is 14.0. The van der Waals surface area contributed by atoms with Gasteiger partial charge in [-0.2, -0.15) is 0 Å². The molecule has 0 aliphatic heterocycles. The average Bonchev–Trinajstić information content (AvgIpc) is 2.42. The Balaban J connectivity index is 2.76. The molecule has 22 heavy (non-hydrogen) atoms. The molecule has 0 spiro atoms. The van der Waals surface area contributed by atoms with Crippen molar-refractivity contribution < 1.29 is 0 Å². The zero-order chi connectivity index (χ0) is 16.4. The molecule has 0 aliphatic rings. The van der Waals surface area contributed by atoms with Gasteiger partial charge in [-0.25, -0.2) is 0 Å². The van der Waals surface area contributed by atoms with E-state index in [1.807, 2.05) is 4.90 Å². The molecule has 116 valence electrons. The molecule has 3 heteroatoms. The fourth-order valence-electron chi connectivity index (χ4n) is 3.18. The van der Waals surface area contributed by atoms with E-state index in [0.717, 1.165) is 17.8 Å². The quantitative estimate of drug-likeness (QED) is 0.820. The molecule has 0 aliphatic carbocycles. The molecule has 0 unspecified atom stereocenters. The van der Waals surface area contributed by atoms with Gasteiger partial charge >= 0.3 is 0 Å². The molecule has 2 rings (SSSR count). The lowest BCUT2D eigenvalue weighted by Crippen LogP contribution is -2.33. The van der Waals surface area contributed by atoms with Gasteiger partial charge in [0.25, 0.3) is 0 Å². The minimum atomic E-state index is 0.388. The van der Waals surface area contributed by atoms with E-state index in [1.54, 1.807) is 0 Å². The molecular formula is C19H24N2S. The summed E-state index contributed by atoms with van der Waals surface area (Å²) in [5.74, 6) is 0. The Hall–Kier alpha value is -1.87. The van der Waals surface area contributed by atoms with Crippen molar-refractivity contribution >= 4 is 28.7 Å². The van der Waals surface area contributed by atoms with Crippen LogP contribution in [0.1, 0.15) is 34.7 Å². The summed E-state index contributed by atoms with van der Waals surface area (Å²) in [5.41, 5.74) is 14.4. The second-order valence-corrected chi connectivity index (χ2v) is 6.28. The highest BCUT2D eigenvalue weighted by Crippen LogP contribution is 2.36. The van der Waals surface area contributed by atoms with Crippen LogP contribution in [-0.4, -0.2) is 5.11 Å². The molecule has 0 fully saturated rings. The summed E-state index contributed by atoms with van der Waals surface area (Å²) < 4.78 is 0. The van der Waals surface area contributed by atoms with Crippen LogP contribution in [0.3, 0.4) is 0 Å². The first-order valence-corrected chi connectivity index (χ1v) is 8.03. The molecule has 0 amide bonds. The van der Waals surface area contributed by atoms with Crippen LogP contribution in [0.25, 0.3) is 0 Å². The van der Waals surface area contributed by atoms with Gasteiger partial charge < -0.3 is 5.73 Å². The van der Waals surface area contributed by atoms with Crippen molar-refractivity contribution in [3.8, 4) is 0 Å². The molecule has 2 aromatic carbocycles. The fourth-order valence-corrected chi connectivity index (χ4v) is 3.36. The number of nitrogens with zero attached hydrogens (tertiary/aromatic N) is 1. The number of benzene rings is 2. The summed E-state index contributed by atoms with van der Waals surface area (Å²) in [4.78, 5) is 2.04. The van der Waals surface area contributed by atoms with Gasteiger partial charge in [-0.15, -0.1) is 0 Å². The van der Waals surface area contributed by atoms with Crippen molar-refractivity contribution in [2.75, 3.05) is 4.90 Å². The summed E-state index contributed by atoms with van der Waals surface area (Å²) in [6, 6.07) is 10.7. The largest absolute Gasteiger partial charge is 0.376 e. The average molecular weight is 312 g/mol. The molecule has 2 N–H and O–H groups in total. The van der Waals surface area contributed by atoms with Crippen LogP contribution < -0.4 is 10.6 Å². The van der Waals surface area contributed by atoms with Crippen molar-refractivity contribution in [3.63, 3.8) is 0 Å². The maximum atomic E-state index is 6.13. The van der Waals surface area contributed by atoms with Crippen molar-refractivity contribution in [1.29, 1.82) is 0 Å². The fraction of sp³-hybridized carbons (Fsp3) is 0.316. The minimum absolute atomic E-state index is 0.388. The van der Waals surface area contributed by atoms with Crippen molar-refractivity contribution in [1.82, 2.24) is 0 Å². The van der Waals surface area contributed by atoms with Crippen LogP contribution >= 0.6 is 12.2 Å². The number of nitrogens with two attached hydrogens (primary N) is 1. The first-order chi connectivity index (χ1) is 10.4. The molecule has 2 nitrogen and oxygen atoms in total. The van der Waals surface area contributed by atoms with E-state index in [0.29, 0.717) is 5.11 Å². The van der Waals surface area contributed by atoms with Crippen LogP contribution in [0.2, 0.25) is 0 Å². The van der Waals surface area contributed by atoms with E-state index < -0.39 is 0 Å². The van der Waals surface area contributed by atoms with E-state index in [1.165, 1.54) is 27.8 Å². The maximum absolute atomic E-state index is 6.13. The highest BCUT2D eigenvalue weighted by Gasteiger charge is 2.21. The van der Waals surface area contributed by atoms with E-state index in [2.05, 4.69) is 65.0 Å². The molecule has 0 bridgehead atoms. The van der Waals surface area contributed by atoms with Crippen LogP contribution in [0.4, 0.5) is 11.4 Å². The van der Waals surface area contributed by atoms with Gasteiger partial charge in [0.1, 0.15) is 0 Å².